The number of carboxylic acids is 1. The van der Waals surface area contributed by atoms with Crippen molar-refractivity contribution < 1.29 is 23.9 Å². The average molecular weight is 387 g/mol. The number of amides is 2. The predicted molar refractivity (Wildman–Crippen MR) is 102 cm³/mol. The lowest BCUT2D eigenvalue weighted by Gasteiger charge is -2.16. The summed E-state index contributed by atoms with van der Waals surface area (Å²) in [6.45, 7) is 3.47. The number of oxazole rings is 1. The Morgan fingerprint density at radius 3 is 2.50 bits per heavy atom. The van der Waals surface area contributed by atoms with Gasteiger partial charge in [-0.25, -0.2) is 9.78 Å². The summed E-state index contributed by atoms with van der Waals surface area (Å²) in [6, 6.07) is 8.53. The molecule has 3 N–H and O–H groups in total. The van der Waals surface area contributed by atoms with Crippen molar-refractivity contribution in [2.24, 2.45) is 5.92 Å². The van der Waals surface area contributed by atoms with E-state index in [1.54, 1.807) is 6.20 Å². The molecular weight excluding hydrogens is 362 g/mol. The zero-order valence-electron chi connectivity index (χ0n) is 16.0. The number of rotatable bonds is 10. The Bertz CT molecular complexity index is 801. The molecule has 1 atom stereocenters. The van der Waals surface area contributed by atoms with Crippen LogP contribution in [0.2, 0.25) is 0 Å². The van der Waals surface area contributed by atoms with E-state index in [-0.39, 0.29) is 24.8 Å². The number of aryl methyl sites for hydroxylation is 1. The summed E-state index contributed by atoms with van der Waals surface area (Å²) in [5, 5.41) is 14.0. The molecule has 1 aromatic heterocycles. The molecule has 0 saturated carbocycles. The van der Waals surface area contributed by atoms with E-state index in [9.17, 15) is 14.4 Å². The van der Waals surface area contributed by atoms with E-state index in [0.29, 0.717) is 24.5 Å². The first-order valence-corrected chi connectivity index (χ1v) is 9.14. The topological polar surface area (TPSA) is 122 Å². The van der Waals surface area contributed by atoms with Crippen LogP contribution in [-0.4, -0.2) is 40.5 Å². The molecule has 0 saturated heterocycles. The number of nitrogens with zero attached hydrogens (tertiary/aromatic N) is 1. The number of carbonyl (C=O) groups is 3. The summed E-state index contributed by atoms with van der Waals surface area (Å²) in [7, 11) is 0. The molecule has 0 bridgehead atoms. The Kier molecular flexibility index (Phi) is 7.74. The van der Waals surface area contributed by atoms with Crippen LogP contribution in [-0.2, 0) is 20.8 Å². The lowest BCUT2D eigenvalue weighted by Crippen LogP contribution is -2.46. The highest BCUT2D eigenvalue weighted by molar-refractivity contribution is 5.87. The molecule has 28 heavy (non-hydrogen) atoms. The summed E-state index contributed by atoms with van der Waals surface area (Å²) in [6.07, 6.45) is 2.33. The molecule has 2 aromatic rings. The number of carbonyl (C=O) groups excluding carboxylic acids is 2. The predicted octanol–water partition coefficient (Wildman–Crippen LogP) is 2.01. The highest BCUT2D eigenvalue weighted by Gasteiger charge is 2.21. The molecule has 2 amide bonds. The van der Waals surface area contributed by atoms with E-state index in [0.717, 1.165) is 5.56 Å². The van der Waals surface area contributed by atoms with Crippen molar-refractivity contribution in [2.75, 3.05) is 6.54 Å². The number of carboxylic acid groups (broad SMARTS) is 1. The second-order valence-corrected chi connectivity index (χ2v) is 6.85. The van der Waals surface area contributed by atoms with E-state index in [2.05, 4.69) is 15.6 Å². The van der Waals surface area contributed by atoms with Crippen LogP contribution in [0.15, 0.2) is 40.9 Å². The molecule has 150 valence electrons. The number of aliphatic carboxylic acids is 1. The SMILES string of the molecule is CC(C)C[C@H](NC(=O)CNC(=O)CCc1ncc(-c2ccccc2)o1)C(=O)O. The van der Waals surface area contributed by atoms with Gasteiger partial charge in [0, 0.05) is 18.4 Å². The molecule has 1 aromatic carbocycles. The van der Waals surface area contributed by atoms with Crippen molar-refractivity contribution in [1.29, 1.82) is 0 Å². The number of hydrogen-bond donors (Lipinski definition) is 3. The first kappa shape index (κ1) is 21.1. The highest BCUT2D eigenvalue weighted by Crippen LogP contribution is 2.20. The molecule has 0 aliphatic rings. The molecule has 0 spiro atoms. The number of nitrogens with one attached hydrogen (secondary N) is 2. The van der Waals surface area contributed by atoms with E-state index < -0.39 is 17.9 Å². The molecule has 2 rings (SSSR count). The standard InChI is InChI=1S/C20H25N3O5/c1-13(2)10-15(20(26)27)23-18(25)12-21-17(24)8-9-19-22-11-16(28-19)14-6-4-3-5-7-14/h3-7,11,13,15H,8-10,12H2,1-2H3,(H,21,24)(H,23,25)(H,26,27)/t15-/m0/s1. The van der Waals surface area contributed by atoms with Crippen molar-refractivity contribution in [1.82, 2.24) is 15.6 Å². The maximum Gasteiger partial charge on any atom is 0.326 e. The Balaban J connectivity index is 1.75. The smallest absolute Gasteiger partial charge is 0.326 e. The fourth-order valence-corrected chi connectivity index (χ4v) is 2.59. The lowest BCUT2D eigenvalue weighted by molar-refractivity contribution is -0.142. The lowest BCUT2D eigenvalue weighted by atomic mass is 10.0. The third-order valence-corrected chi connectivity index (χ3v) is 3.96. The normalized spacial score (nSPS) is 11.8. The third kappa shape index (κ3) is 6.86. The van der Waals surface area contributed by atoms with Gasteiger partial charge in [0.15, 0.2) is 11.7 Å². The van der Waals surface area contributed by atoms with Crippen molar-refractivity contribution in [3.8, 4) is 11.3 Å². The van der Waals surface area contributed by atoms with Gasteiger partial charge < -0.3 is 20.2 Å². The van der Waals surface area contributed by atoms with Crippen molar-refractivity contribution in [3.05, 3.63) is 42.4 Å². The molecular formula is C20H25N3O5. The van der Waals surface area contributed by atoms with Gasteiger partial charge in [-0.3, -0.25) is 9.59 Å². The fourth-order valence-electron chi connectivity index (χ4n) is 2.59. The monoisotopic (exact) mass is 387 g/mol. The molecule has 0 aliphatic carbocycles. The largest absolute Gasteiger partial charge is 0.480 e. The maximum absolute atomic E-state index is 11.9. The highest BCUT2D eigenvalue weighted by atomic mass is 16.4. The van der Waals surface area contributed by atoms with Gasteiger partial charge in [-0.2, -0.15) is 0 Å². The van der Waals surface area contributed by atoms with Gasteiger partial charge in [0.1, 0.15) is 6.04 Å². The van der Waals surface area contributed by atoms with E-state index in [1.807, 2.05) is 44.2 Å². The van der Waals surface area contributed by atoms with Gasteiger partial charge in [-0.15, -0.1) is 0 Å². The minimum absolute atomic E-state index is 0.108. The number of benzene rings is 1. The summed E-state index contributed by atoms with van der Waals surface area (Å²) >= 11 is 0. The van der Waals surface area contributed by atoms with Gasteiger partial charge in [-0.1, -0.05) is 44.2 Å². The summed E-state index contributed by atoms with van der Waals surface area (Å²) < 4.78 is 5.63. The molecule has 8 nitrogen and oxygen atoms in total. The second-order valence-electron chi connectivity index (χ2n) is 6.85. The van der Waals surface area contributed by atoms with Gasteiger partial charge >= 0.3 is 5.97 Å². The van der Waals surface area contributed by atoms with Crippen LogP contribution < -0.4 is 10.6 Å². The first-order valence-electron chi connectivity index (χ1n) is 9.14. The zero-order chi connectivity index (χ0) is 20.5. The number of aromatic nitrogens is 1. The molecule has 0 fully saturated rings. The summed E-state index contributed by atoms with van der Waals surface area (Å²) in [5.41, 5.74) is 0.900. The zero-order valence-corrected chi connectivity index (χ0v) is 16.0. The van der Waals surface area contributed by atoms with Crippen LogP contribution in [0.3, 0.4) is 0 Å². The summed E-state index contributed by atoms with van der Waals surface area (Å²) in [4.78, 5) is 39.1. The van der Waals surface area contributed by atoms with Crippen LogP contribution in [0.5, 0.6) is 0 Å². The van der Waals surface area contributed by atoms with Gasteiger partial charge in [0.25, 0.3) is 0 Å². The van der Waals surface area contributed by atoms with E-state index in [1.165, 1.54) is 0 Å². The quantitative estimate of drug-likeness (QED) is 0.573. The Labute approximate surface area is 163 Å². The first-order chi connectivity index (χ1) is 13.3. The molecule has 0 radical (unpaired) electrons. The van der Waals surface area contributed by atoms with Crippen LogP contribution >= 0.6 is 0 Å². The number of hydrogen-bond acceptors (Lipinski definition) is 5. The van der Waals surface area contributed by atoms with Crippen LogP contribution in [0.4, 0.5) is 0 Å². The maximum atomic E-state index is 11.9. The fraction of sp³-hybridized carbons (Fsp3) is 0.400. The van der Waals surface area contributed by atoms with Gasteiger partial charge in [0.05, 0.1) is 12.7 Å². The summed E-state index contributed by atoms with van der Waals surface area (Å²) in [5.74, 6) is -0.792. The minimum atomic E-state index is -1.09. The van der Waals surface area contributed by atoms with E-state index in [4.69, 9.17) is 9.52 Å². The third-order valence-electron chi connectivity index (χ3n) is 3.96. The van der Waals surface area contributed by atoms with Crippen LogP contribution in [0.1, 0.15) is 32.6 Å². The Morgan fingerprint density at radius 2 is 1.86 bits per heavy atom. The van der Waals surface area contributed by atoms with Crippen LogP contribution in [0, 0.1) is 5.92 Å². The molecule has 1 heterocycles. The Hall–Kier alpha value is -3.16. The van der Waals surface area contributed by atoms with Crippen molar-refractivity contribution in [3.63, 3.8) is 0 Å². The molecule has 0 unspecified atom stereocenters. The minimum Gasteiger partial charge on any atom is -0.480 e. The van der Waals surface area contributed by atoms with Crippen molar-refractivity contribution >= 4 is 17.8 Å². The van der Waals surface area contributed by atoms with Gasteiger partial charge in [-0.05, 0) is 12.3 Å². The van der Waals surface area contributed by atoms with Crippen molar-refractivity contribution in [2.45, 2.75) is 39.2 Å². The second kappa shape index (κ2) is 10.2. The van der Waals surface area contributed by atoms with Gasteiger partial charge in [0.2, 0.25) is 11.8 Å². The molecule has 0 aliphatic heterocycles. The molecule has 8 heteroatoms. The average Bonchev–Trinajstić information content (AvgIpc) is 3.13. The Morgan fingerprint density at radius 1 is 1.14 bits per heavy atom. The van der Waals surface area contributed by atoms with Crippen LogP contribution in [0.25, 0.3) is 11.3 Å². The van der Waals surface area contributed by atoms with E-state index >= 15 is 0 Å².